The molecule has 0 saturated carbocycles. The number of halogens is 2. The van der Waals surface area contributed by atoms with Crippen LogP contribution in [0.25, 0.3) is 10.6 Å². The van der Waals surface area contributed by atoms with E-state index in [0.717, 1.165) is 60.2 Å². The Hall–Kier alpha value is -1.54. The minimum atomic E-state index is 0. The van der Waals surface area contributed by atoms with Crippen molar-refractivity contribution in [2.24, 2.45) is 5.92 Å². The quantitative estimate of drug-likeness (QED) is 0.763. The van der Waals surface area contributed by atoms with Crippen molar-refractivity contribution < 1.29 is 14.3 Å². The molecule has 1 amide bonds. The number of amides is 1. The number of nitrogens with zero attached hydrogens (tertiary/aromatic N) is 2. The van der Waals surface area contributed by atoms with Gasteiger partial charge in [0.1, 0.15) is 5.01 Å². The van der Waals surface area contributed by atoms with Gasteiger partial charge < -0.3 is 19.7 Å². The van der Waals surface area contributed by atoms with Crippen LogP contribution in [0.1, 0.15) is 18.5 Å². The summed E-state index contributed by atoms with van der Waals surface area (Å²) < 4.78 is 10.8. The number of hydrogen-bond donors (Lipinski definition) is 1. The van der Waals surface area contributed by atoms with E-state index in [4.69, 9.17) is 9.47 Å². The van der Waals surface area contributed by atoms with Crippen molar-refractivity contribution in [1.82, 2.24) is 15.2 Å². The van der Waals surface area contributed by atoms with Crippen LogP contribution in [0.15, 0.2) is 23.6 Å². The summed E-state index contributed by atoms with van der Waals surface area (Å²) in [6.07, 6.45) is 2.52. The molecule has 1 fully saturated rings. The van der Waals surface area contributed by atoms with Crippen LogP contribution in [0, 0.1) is 5.92 Å². The van der Waals surface area contributed by atoms with Crippen molar-refractivity contribution in [2.75, 3.05) is 33.5 Å². The highest BCUT2D eigenvalue weighted by Crippen LogP contribution is 2.36. The molecule has 2 aliphatic rings. The van der Waals surface area contributed by atoms with Gasteiger partial charge in [0.15, 0.2) is 11.5 Å². The molecule has 0 aliphatic carbocycles. The summed E-state index contributed by atoms with van der Waals surface area (Å²) >= 11 is 1.56. The van der Waals surface area contributed by atoms with Gasteiger partial charge in [0.25, 0.3) is 0 Å². The molecule has 6 nitrogen and oxygen atoms in total. The molecule has 4 rings (SSSR count). The van der Waals surface area contributed by atoms with E-state index < -0.39 is 0 Å². The number of hydrogen-bond acceptors (Lipinski definition) is 6. The number of benzene rings is 1. The molecule has 0 spiro atoms. The summed E-state index contributed by atoms with van der Waals surface area (Å²) in [5, 5.41) is 6.11. The minimum absolute atomic E-state index is 0. The summed E-state index contributed by atoms with van der Waals surface area (Å²) in [6, 6.07) is 5.82. The Labute approximate surface area is 181 Å². The lowest BCUT2D eigenvalue weighted by Gasteiger charge is -2.31. The fourth-order valence-corrected chi connectivity index (χ4v) is 4.31. The second kappa shape index (κ2) is 10.3. The Kier molecular flexibility index (Phi) is 8.37. The lowest BCUT2D eigenvalue weighted by molar-refractivity contribution is -0.131. The van der Waals surface area contributed by atoms with Gasteiger partial charge in [-0.3, -0.25) is 4.79 Å². The molecule has 3 heterocycles. The number of nitrogens with one attached hydrogen (secondary N) is 1. The topological polar surface area (TPSA) is 63.7 Å². The van der Waals surface area contributed by atoms with E-state index in [9.17, 15) is 4.79 Å². The van der Waals surface area contributed by atoms with Crippen molar-refractivity contribution in [3.8, 4) is 22.1 Å². The van der Waals surface area contributed by atoms with Gasteiger partial charge in [0.05, 0.1) is 12.1 Å². The maximum absolute atomic E-state index is 12.6. The molecule has 1 aromatic carbocycles. The largest absolute Gasteiger partial charge is 0.454 e. The van der Waals surface area contributed by atoms with Gasteiger partial charge in [-0.15, -0.1) is 36.2 Å². The van der Waals surface area contributed by atoms with Gasteiger partial charge in [-0.05, 0) is 50.6 Å². The zero-order chi connectivity index (χ0) is 17.9. The third-order valence-corrected chi connectivity index (χ3v) is 5.90. The lowest BCUT2D eigenvalue weighted by Crippen LogP contribution is -2.41. The smallest absolute Gasteiger partial charge is 0.231 e. The molecule has 0 atom stereocenters. The lowest BCUT2D eigenvalue weighted by atomic mass is 9.96. The molecule has 2 aromatic rings. The molecule has 2 aliphatic heterocycles. The third-order valence-electron chi connectivity index (χ3n) is 4.96. The molecule has 1 aromatic heterocycles. The number of carbonyl (C=O) groups excluding carboxylic acids is 1. The van der Waals surface area contributed by atoms with Gasteiger partial charge in [-0.1, -0.05) is 0 Å². The van der Waals surface area contributed by atoms with E-state index in [0.29, 0.717) is 12.3 Å². The summed E-state index contributed by atoms with van der Waals surface area (Å²) in [4.78, 5) is 19.2. The van der Waals surface area contributed by atoms with E-state index in [-0.39, 0.29) is 37.5 Å². The monoisotopic (exact) mass is 445 g/mol. The number of carbonyl (C=O) groups is 1. The average molecular weight is 446 g/mol. The number of thiazole rings is 1. The standard InChI is InChI=1S/C19H23N3O3S.2ClH/c1-20-10-13-4-6-22(7-5-13)18(23)9-15-11-26-19(21-15)14-2-3-16-17(8-14)25-12-24-16;;/h2-3,8,11,13,20H,4-7,9-10,12H2,1H3;2*1H. The third kappa shape index (κ3) is 5.08. The van der Waals surface area contributed by atoms with E-state index >= 15 is 0 Å². The second-order valence-electron chi connectivity index (χ2n) is 6.77. The maximum atomic E-state index is 12.6. The van der Waals surface area contributed by atoms with E-state index in [1.165, 1.54) is 0 Å². The first kappa shape index (κ1) is 22.7. The summed E-state index contributed by atoms with van der Waals surface area (Å²) in [5.41, 5.74) is 1.83. The predicted molar refractivity (Wildman–Crippen MR) is 115 cm³/mol. The van der Waals surface area contributed by atoms with E-state index in [1.807, 2.05) is 35.5 Å². The van der Waals surface area contributed by atoms with Crippen LogP contribution >= 0.6 is 36.2 Å². The Bertz CT molecular complexity index is 794. The van der Waals surface area contributed by atoms with Crippen molar-refractivity contribution >= 4 is 42.1 Å². The van der Waals surface area contributed by atoms with Crippen molar-refractivity contribution in [1.29, 1.82) is 0 Å². The molecular weight excluding hydrogens is 421 g/mol. The number of likely N-dealkylation sites (tertiary alicyclic amines) is 1. The number of aromatic nitrogens is 1. The maximum Gasteiger partial charge on any atom is 0.231 e. The van der Waals surface area contributed by atoms with Gasteiger partial charge in [-0.25, -0.2) is 4.98 Å². The highest BCUT2D eigenvalue weighted by atomic mass is 35.5. The van der Waals surface area contributed by atoms with Gasteiger partial charge in [0.2, 0.25) is 12.7 Å². The number of piperidine rings is 1. The van der Waals surface area contributed by atoms with E-state index in [2.05, 4.69) is 10.3 Å². The van der Waals surface area contributed by atoms with Crippen LogP contribution in [-0.2, 0) is 11.2 Å². The molecule has 154 valence electrons. The molecule has 28 heavy (non-hydrogen) atoms. The first-order valence-corrected chi connectivity index (χ1v) is 9.87. The first-order valence-electron chi connectivity index (χ1n) is 8.99. The van der Waals surface area contributed by atoms with Crippen LogP contribution in [0.2, 0.25) is 0 Å². The normalized spacial score (nSPS) is 15.7. The van der Waals surface area contributed by atoms with Crippen LogP contribution in [0.4, 0.5) is 0 Å². The Morgan fingerprint density at radius 1 is 1.25 bits per heavy atom. The fourth-order valence-electron chi connectivity index (χ4n) is 3.49. The first-order chi connectivity index (χ1) is 12.7. The van der Waals surface area contributed by atoms with Crippen molar-refractivity contribution in [3.63, 3.8) is 0 Å². The average Bonchev–Trinajstić information content (AvgIpc) is 3.31. The molecule has 0 radical (unpaired) electrons. The Balaban J connectivity index is 0.00000140. The molecule has 0 bridgehead atoms. The highest BCUT2D eigenvalue weighted by molar-refractivity contribution is 7.13. The van der Waals surface area contributed by atoms with E-state index in [1.54, 1.807) is 11.3 Å². The number of fused-ring (bicyclic) bond motifs is 1. The molecule has 9 heteroatoms. The summed E-state index contributed by atoms with van der Waals surface area (Å²) in [5.74, 6) is 2.37. The van der Waals surface area contributed by atoms with Crippen LogP contribution in [0.3, 0.4) is 0 Å². The molecule has 0 unspecified atom stereocenters. The molecule has 1 N–H and O–H groups in total. The highest BCUT2D eigenvalue weighted by Gasteiger charge is 2.23. The van der Waals surface area contributed by atoms with Crippen molar-refractivity contribution in [3.05, 3.63) is 29.3 Å². The summed E-state index contributed by atoms with van der Waals surface area (Å²) in [6.45, 7) is 3.00. The number of rotatable bonds is 5. The van der Waals surface area contributed by atoms with Gasteiger partial charge in [0, 0.05) is 24.0 Å². The number of ether oxygens (including phenoxy) is 2. The Morgan fingerprint density at radius 3 is 2.75 bits per heavy atom. The molecule has 1 saturated heterocycles. The minimum Gasteiger partial charge on any atom is -0.454 e. The molecular formula is C19H25Cl2N3O3S. The fraction of sp³-hybridized carbons (Fsp3) is 0.474. The predicted octanol–water partition coefficient (Wildman–Crippen LogP) is 3.38. The van der Waals surface area contributed by atoms with Crippen LogP contribution < -0.4 is 14.8 Å². The van der Waals surface area contributed by atoms with Crippen LogP contribution in [-0.4, -0.2) is 49.3 Å². The Morgan fingerprint density at radius 2 is 2.00 bits per heavy atom. The zero-order valence-corrected chi connectivity index (χ0v) is 18.1. The van der Waals surface area contributed by atoms with Crippen LogP contribution in [0.5, 0.6) is 11.5 Å². The SMILES string of the molecule is CNCC1CCN(C(=O)Cc2csc(-c3ccc4c(c3)OCO4)n2)CC1.Cl.Cl. The zero-order valence-electron chi connectivity index (χ0n) is 15.7. The second-order valence-corrected chi connectivity index (χ2v) is 7.63. The summed E-state index contributed by atoms with van der Waals surface area (Å²) in [7, 11) is 1.98. The van der Waals surface area contributed by atoms with Gasteiger partial charge in [-0.2, -0.15) is 0 Å². The van der Waals surface area contributed by atoms with Crippen molar-refractivity contribution in [2.45, 2.75) is 19.3 Å². The van der Waals surface area contributed by atoms with Gasteiger partial charge >= 0.3 is 0 Å².